The fraction of sp³-hybridized carbons (Fsp3) is 0.333. The van der Waals surface area contributed by atoms with Gasteiger partial charge in [-0.3, -0.25) is 0 Å². The van der Waals surface area contributed by atoms with Gasteiger partial charge < -0.3 is 4.84 Å². The van der Waals surface area contributed by atoms with Gasteiger partial charge >= 0.3 is 0 Å². The molecule has 0 aliphatic rings. The van der Waals surface area contributed by atoms with Gasteiger partial charge in [0.1, 0.15) is 12.8 Å². The Morgan fingerprint density at radius 2 is 2.70 bits per heavy atom. The minimum absolute atomic E-state index is 0.778. The van der Waals surface area contributed by atoms with Crippen LogP contribution >= 0.6 is 11.3 Å². The van der Waals surface area contributed by atoms with E-state index in [0.717, 1.165) is 11.4 Å². The predicted octanol–water partition coefficient (Wildman–Crippen LogP) is 1.31. The van der Waals surface area contributed by atoms with Crippen LogP contribution in [0.15, 0.2) is 10.5 Å². The second-order valence-corrected chi connectivity index (χ2v) is 2.34. The van der Waals surface area contributed by atoms with Crippen molar-refractivity contribution >= 4 is 17.0 Å². The highest BCUT2D eigenvalue weighted by Gasteiger charge is 1.97. The molecule has 0 spiro atoms. The van der Waals surface area contributed by atoms with Gasteiger partial charge in [0.15, 0.2) is 5.51 Å². The molecule has 0 unspecified atom stereocenters. The highest BCUT2D eigenvalue weighted by atomic mass is 32.1. The maximum absolute atomic E-state index is 4.57. The predicted molar refractivity (Wildman–Crippen MR) is 40.2 cm³/mol. The molecule has 0 atom stereocenters. The van der Waals surface area contributed by atoms with Crippen molar-refractivity contribution in [2.24, 2.45) is 5.16 Å². The topological polar surface area (TPSA) is 34.5 Å². The average molecular weight is 155 g/mol. The van der Waals surface area contributed by atoms with Gasteiger partial charge in [0.05, 0.1) is 5.69 Å². The van der Waals surface area contributed by atoms with Crippen LogP contribution in [0.2, 0.25) is 0 Å². The van der Waals surface area contributed by atoms with Crippen molar-refractivity contribution in [1.29, 1.82) is 0 Å². The fourth-order valence-electron chi connectivity index (χ4n) is 0.534. The summed E-state index contributed by atoms with van der Waals surface area (Å²) in [5, 5.41) is 5.58. The zero-order valence-electron chi connectivity index (χ0n) is 5.79. The third kappa shape index (κ3) is 1.54. The molecule has 10 heavy (non-hydrogen) atoms. The largest absolute Gasteiger partial charge is 0.399 e. The third-order valence-electron chi connectivity index (χ3n) is 0.988. The van der Waals surface area contributed by atoms with E-state index in [2.05, 4.69) is 20.5 Å². The van der Waals surface area contributed by atoms with Crippen LogP contribution in [0.4, 0.5) is 0 Å². The Morgan fingerprint density at radius 1 is 1.90 bits per heavy atom. The molecule has 0 fully saturated rings. The van der Waals surface area contributed by atoms with Crippen LogP contribution in [0.1, 0.15) is 12.6 Å². The second-order valence-electron chi connectivity index (χ2n) is 1.68. The molecule has 0 saturated heterocycles. The van der Waals surface area contributed by atoms with Gasteiger partial charge in [-0.05, 0) is 6.92 Å². The van der Waals surface area contributed by atoms with Crippen LogP contribution in [0.3, 0.4) is 0 Å². The lowest BCUT2D eigenvalue weighted by Crippen LogP contribution is -1.94. The van der Waals surface area contributed by atoms with Gasteiger partial charge in [-0.2, -0.15) is 0 Å². The average Bonchev–Trinajstić information content (AvgIpc) is 2.38. The highest BCUT2D eigenvalue weighted by molar-refractivity contribution is 7.07. The Hall–Kier alpha value is -0.900. The molecule has 0 aromatic carbocycles. The normalized spacial score (nSPS) is 11.6. The van der Waals surface area contributed by atoms with E-state index in [4.69, 9.17) is 0 Å². The molecule has 0 bridgehead atoms. The molecular formula is C6H7N2OS. The molecule has 0 N–H and O–H groups in total. The van der Waals surface area contributed by atoms with Crippen LogP contribution in [0.5, 0.6) is 0 Å². The van der Waals surface area contributed by atoms with E-state index in [1.807, 2.05) is 12.3 Å². The number of aromatic nitrogens is 1. The highest BCUT2D eigenvalue weighted by Crippen LogP contribution is 2.01. The Kier molecular flexibility index (Phi) is 2.39. The summed E-state index contributed by atoms with van der Waals surface area (Å²) in [7, 11) is 1.51. The van der Waals surface area contributed by atoms with Gasteiger partial charge in [-0.1, -0.05) is 5.16 Å². The van der Waals surface area contributed by atoms with Gasteiger partial charge in [-0.15, -0.1) is 11.3 Å². The van der Waals surface area contributed by atoms with E-state index in [-0.39, 0.29) is 0 Å². The van der Waals surface area contributed by atoms with E-state index in [0.29, 0.717) is 0 Å². The first kappa shape index (κ1) is 7.21. The summed E-state index contributed by atoms with van der Waals surface area (Å²) in [5.74, 6) is 0. The smallest absolute Gasteiger partial charge is 0.152 e. The van der Waals surface area contributed by atoms with Crippen LogP contribution in [-0.2, 0) is 4.84 Å². The quantitative estimate of drug-likeness (QED) is 0.476. The van der Waals surface area contributed by atoms with Crippen molar-refractivity contribution in [2.45, 2.75) is 6.92 Å². The maximum Gasteiger partial charge on any atom is 0.152 e. The lowest BCUT2D eigenvalue weighted by atomic mass is 10.3. The molecule has 1 radical (unpaired) electrons. The summed E-state index contributed by atoms with van der Waals surface area (Å²) in [5.41, 5.74) is 4.33. The number of oxime groups is 1. The Bertz CT molecular complexity index is 218. The molecule has 0 amide bonds. The van der Waals surface area contributed by atoms with Crippen LogP contribution < -0.4 is 0 Å². The Balaban J connectivity index is 2.77. The van der Waals surface area contributed by atoms with Crippen molar-refractivity contribution in [3.63, 3.8) is 0 Å². The summed E-state index contributed by atoms with van der Waals surface area (Å²) < 4.78 is 0. The molecule has 0 saturated carbocycles. The first-order valence-electron chi connectivity index (χ1n) is 2.74. The molecule has 0 aliphatic heterocycles. The van der Waals surface area contributed by atoms with E-state index < -0.39 is 0 Å². The van der Waals surface area contributed by atoms with Crippen molar-refractivity contribution in [3.8, 4) is 0 Å². The van der Waals surface area contributed by atoms with Crippen LogP contribution in [-0.4, -0.2) is 17.8 Å². The maximum atomic E-state index is 4.57. The SMILES string of the molecule is CO/N=C(\C)c1cs[c]n1. The zero-order chi connectivity index (χ0) is 7.40. The third-order valence-corrected chi connectivity index (χ3v) is 1.53. The molecule has 1 rings (SSSR count). The van der Waals surface area contributed by atoms with Crippen molar-refractivity contribution < 1.29 is 4.84 Å². The number of hydrogen-bond acceptors (Lipinski definition) is 4. The van der Waals surface area contributed by atoms with Gasteiger partial charge in [0, 0.05) is 5.38 Å². The lowest BCUT2D eigenvalue weighted by molar-refractivity contribution is 0.213. The molecular weight excluding hydrogens is 148 g/mol. The first-order valence-corrected chi connectivity index (χ1v) is 3.62. The minimum atomic E-state index is 0.778. The van der Waals surface area contributed by atoms with E-state index >= 15 is 0 Å². The van der Waals surface area contributed by atoms with Gasteiger partial charge in [0.2, 0.25) is 0 Å². The summed E-state index contributed by atoms with van der Waals surface area (Å²) in [6.45, 7) is 1.84. The summed E-state index contributed by atoms with van der Waals surface area (Å²) in [6, 6.07) is 0. The molecule has 1 aromatic rings. The number of thiazole rings is 1. The molecule has 1 heterocycles. The van der Waals surface area contributed by atoms with Crippen molar-refractivity contribution in [2.75, 3.05) is 7.11 Å². The van der Waals surface area contributed by atoms with E-state index in [9.17, 15) is 0 Å². The van der Waals surface area contributed by atoms with Gasteiger partial charge in [-0.25, -0.2) is 4.98 Å². The lowest BCUT2D eigenvalue weighted by Gasteiger charge is -1.90. The Morgan fingerprint density at radius 3 is 3.20 bits per heavy atom. The summed E-state index contributed by atoms with van der Waals surface area (Å²) >= 11 is 1.42. The Labute approximate surface area is 63.3 Å². The van der Waals surface area contributed by atoms with E-state index in [1.165, 1.54) is 18.4 Å². The van der Waals surface area contributed by atoms with Gasteiger partial charge in [0.25, 0.3) is 0 Å². The monoisotopic (exact) mass is 155 g/mol. The van der Waals surface area contributed by atoms with Crippen LogP contribution in [0.25, 0.3) is 0 Å². The molecule has 53 valence electrons. The number of rotatable bonds is 2. The first-order chi connectivity index (χ1) is 4.84. The standard InChI is InChI=1S/C6H7N2OS/c1-5(8-9-2)6-3-10-4-7-6/h3H,1-2H3/b8-5+. The number of hydrogen-bond donors (Lipinski definition) is 0. The summed E-state index contributed by atoms with van der Waals surface area (Å²) in [6.07, 6.45) is 0. The second kappa shape index (κ2) is 3.31. The molecule has 1 aromatic heterocycles. The molecule has 4 heteroatoms. The summed E-state index contributed by atoms with van der Waals surface area (Å²) in [4.78, 5) is 8.48. The minimum Gasteiger partial charge on any atom is -0.399 e. The van der Waals surface area contributed by atoms with E-state index in [1.54, 1.807) is 0 Å². The van der Waals surface area contributed by atoms with Crippen molar-refractivity contribution in [1.82, 2.24) is 4.98 Å². The number of nitrogens with zero attached hydrogens (tertiary/aromatic N) is 2. The van der Waals surface area contributed by atoms with Crippen molar-refractivity contribution in [3.05, 3.63) is 16.6 Å². The van der Waals surface area contributed by atoms with Crippen LogP contribution in [0, 0.1) is 5.51 Å². The zero-order valence-corrected chi connectivity index (χ0v) is 6.60. The molecule has 0 aliphatic carbocycles. The molecule has 3 nitrogen and oxygen atoms in total. The fourth-order valence-corrected chi connectivity index (χ4v) is 1.07.